The highest BCUT2D eigenvalue weighted by Crippen LogP contribution is 2.36. The number of Topliss-reactive ketones (excluding diaryl/α,β-unsaturated/α-hetero) is 1. The zero-order valence-electron chi connectivity index (χ0n) is 10.3. The molecule has 0 amide bonds. The maximum absolute atomic E-state index is 12.2. The first-order valence-electron chi connectivity index (χ1n) is 6.17. The van der Waals surface area contributed by atoms with Crippen molar-refractivity contribution in [1.82, 2.24) is 5.32 Å². The van der Waals surface area contributed by atoms with Gasteiger partial charge in [-0.05, 0) is 11.6 Å². The van der Waals surface area contributed by atoms with Gasteiger partial charge in [0, 0.05) is 23.4 Å². The molecule has 3 rings (SSSR count). The normalized spacial score (nSPS) is 21.3. The van der Waals surface area contributed by atoms with Crippen LogP contribution in [0.25, 0.3) is 0 Å². The maximum atomic E-state index is 12.2. The SMILES string of the molecule is O=C1C=C2SC(C(=O)Cc3ccccc3)NC2=CC1. The van der Waals surface area contributed by atoms with E-state index in [2.05, 4.69) is 5.32 Å². The minimum absolute atomic E-state index is 0.101. The number of ketones is 2. The van der Waals surface area contributed by atoms with Crippen molar-refractivity contribution in [3.05, 3.63) is 58.6 Å². The van der Waals surface area contributed by atoms with Crippen LogP contribution in [0.2, 0.25) is 0 Å². The monoisotopic (exact) mass is 271 g/mol. The first-order valence-corrected chi connectivity index (χ1v) is 7.05. The number of benzene rings is 1. The Morgan fingerprint density at radius 2 is 2.11 bits per heavy atom. The molecule has 4 heteroatoms. The Hall–Kier alpha value is -1.81. The van der Waals surface area contributed by atoms with Crippen LogP contribution < -0.4 is 5.32 Å². The molecule has 1 N–H and O–H groups in total. The van der Waals surface area contributed by atoms with Gasteiger partial charge in [-0.25, -0.2) is 0 Å². The van der Waals surface area contributed by atoms with Crippen molar-refractivity contribution >= 4 is 23.3 Å². The summed E-state index contributed by atoms with van der Waals surface area (Å²) in [7, 11) is 0. The standard InChI is InChI=1S/C15H13NO2S/c17-11-6-7-12-14(9-11)19-15(16-12)13(18)8-10-4-2-1-3-5-10/h1-5,7,9,15-16H,6,8H2. The van der Waals surface area contributed by atoms with Crippen molar-refractivity contribution in [2.75, 3.05) is 0 Å². The van der Waals surface area contributed by atoms with Gasteiger partial charge in [-0.1, -0.05) is 48.2 Å². The lowest BCUT2D eigenvalue weighted by Gasteiger charge is -2.08. The summed E-state index contributed by atoms with van der Waals surface area (Å²) in [6.45, 7) is 0. The van der Waals surface area contributed by atoms with Gasteiger partial charge in [0.2, 0.25) is 0 Å². The second-order valence-electron chi connectivity index (χ2n) is 4.57. The first-order chi connectivity index (χ1) is 9.22. The minimum Gasteiger partial charge on any atom is -0.366 e. The molecule has 0 spiro atoms. The molecule has 19 heavy (non-hydrogen) atoms. The minimum atomic E-state index is -0.274. The van der Waals surface area contributed by atoms with Crippen molar-refractivity contribution in [1.29, 1.82) is 0 Å². The molecule has 2 aliphatic rings. The fraction of sp³-hybridized carbons (Fsp3) is 0.200. The zero-order chi connectivity index (χ0) is 13.2. The average Bonchev–Trinajstić information content (AvgIpc) is 2.83. The number of fused-ring (bicyclic) bond motifs is 1. The third-order valence-corrected chi connectivity index (χ3v) is 4.32. The number of rotatable bonds is 3. The van der Waals surface area contributed by atoms with Crippen LogP contribution in [0.4, 0.5) is 0 Å². The Kier molecular flexibility index (Phi) is 3.25. The van der Waals surface area contributed by atoms with Crippen LogP contribution in [0.5, 0.6) is 0 Å². The molecule has 1 aromatic rings. The highest BCUT2D eigenvalue weighted by atomic mass is 32.2. The van der Waals surface area contributed by atoms with E-state index < -0.39 is 0 Å². The molecule has 1 saturated heterocycles. The second-order valence-corrected chi connectivity index (χ2v) is 5.71. The molecular formula is C15H13NO2S. The molecule has 1 aliphatic carbocycles. The van der Waals surface area contributed by atoms with E-state index in [1.807, 2.05) is 36.4 Å². The fourth-order valence-electron chi connectivity index (χ4n) is 2.15. The predicted molar refractivity (Wildman–Crippen MR) is 75.5 cm³/mol. The lowest BCUT2D eigenvalue weighted by atomic mass is 10.1. The van der Waals surface area contributed by atoms with Gasteiger partial charge in [0.25, 0.3) is 0 Å². The largest absolute Gasteiger partial charge is 0.366 e. The van der Waals surface area contributed by atoms with E-state index in [0.717, 1.165) is 16.2 Å². The summed E-state index contributed by atoms with van der Waals surface area (Å²) in [4.78, 5) is 24.4. The van der Waals surface area contributed by atoms with Crippen LogP contribution in [0.1, 0.15) is 12.0 Å². The number of allylic oxidation sites excluding steroid dienone is 2. The summed E-state index contributed by atoms with van der Waals surface area (Å²) in [6.07, 6.45) is 4.33. The van der Waals surface area contributed by atoms with Gasteiger partial charge >= 0.3 is 0 Å². The molecular weight excluding hydrogens is 258 g/mol. The molecule has 1 heterocycles. The summed E-state index contributed by atoms with van der Waals surface area (Å²) < 4.78 is 0. The van der Waals surface area contributed by atoms with Crippen molar-refractivity contribution in [3.63, 3.8) is 0 Å². The van der Waals surface area contributed by atoms with Crippen LogP contribution in [0.3, 0.4) is 0 Å². The van der Waals surface area contributed by atoms with E-state index in [-0.39, 0.29) is 16.9 Å². The Morgan fingerprint density at radius 1 is 1.32 bits per heavy atom. The van der Waals surface area contributed by atoms with Crippen LogP contribution >= 0.6 is 11.8 Å². The van der Waals surface area contributed by atoms with Gasteiger partial charge in [-0.2, -0.15) is 0 Å². The molecule has 0 bridgehead atoms. The Bertz CT molecular complexity index is 589. The van der Waals surface area contributed by atoms with Crippen LogP contribution in [0, 0.1) is 0 Å². The summed E-state index contributed by atoms with van der Waals surface area (Å²) in [6, 6.07) is 9.70. The second kappa shape index (κ2) is 5.05. The van der Waals surface area contributed by atoms with Crippen molar-refractivity contribution in [2.24, 2.45) is 0 Å². The van der Waals surface area contributed by atoms with Gasteiger partial charge in [0.1, 0.15) is 5.37 Å². The summed E-state index contributed by atoms with van der Waals surface area (Å²) in [5, 5.41) is 2.91. The Balaban J connectivity index is 1.70. The van der Waals surface area contributed by atoms with E-state index in [0.29, 0.717) is 12.8 Å². The van der Waals surface area contributed by atoms with Crippen LogP contribution in [-0.2, 0) is 16.0 Å². The molecule has 3 nitrogen and oxygen atoms in total. The van der Waals surface area contributed by atoms with Gasteiger partial charge in [-0.15, -0.1) is 0 Å². The van der Waals surface area contributed by atoms with E-state index >= 15 is 0 Å². The molecule has 96 valence electrons. The van der Waals surface area contributed by atoms with Crippen LogP contribution in [-0.4, -0.2) is 16.9 Å². The lowest BCUT2D eigenvalue weighted by molar-refractivity contribution is -0.118. The quantitative estimate of drug-likeness (QED) is 0.915. The van der Waals surface area contributed by atoms with Crippen molar-refractivity contribution in [3.8, 4) is 0 Å². The number of carbonyl (C=O) groups is 2. The highest BCUT2D eigenvalue weighted by molar-refractivity contribution is 8.04. The molecule has 0 saturated carbocycles. The molecule has 1 aromatic carbocycles. The number of nitrogens with one attached hydrogen (secondary N) is 1. The third-order valence-electron chi connectivity index (χ3n) is 3.11. The third kappa shape index (κ3) is 2.63. The number of thioether (sulfide) groups is 1. The predicted octanol–water partition coefficient (Wildman–Crippen LogP) is 2.20. The lowest BCUT2D eigenvalue weighted by Crippen LogP contribution is -2.29. The van der Waals surface area contributed by atoms with E-state index in [1.54, 1.807) is 6.08 Å². The number of hydrogen-bond donors (Lipinski definition) is 1. The molecule has 1 unspecified atom stereocenters. The molecule has 1 fully saturated rings. The van der Waals surface area contributed by atoms with Crippen LogP contribution in [0.15, 0.2) is 53.1 Å². The summed E-state index contributed by atoms with van der Waals surface area (Å²) in [5.74, 6) is 0.240. The van der Waals surface area contributed by atoms with E-state index in [9.17, 15) is 9.59 Å². The van der Waals surface area contributed by atoms with E-state index in [1.165, 1.54) is 11.8 Å². The van der Waals surface area contributed by atoms with Gasteiger partial charge < -0.3 is 5.32 Å². The highest BCUT2D eigenvalue weighted by Gasteiger charge is 2.31. The van der Waals surface area contributed by atoms with Crippen molar-refractivity contribution in [2.45, 2.75) is 18.2 Å². The van der Waals surface area contributed by atoms with Gasteiger partial charge in [0.05, 0.1) is 0 Å². The number of carbonyl (C=O) groups excluding carboxylic acids is 2. The van der Waals surface area contributed by atoms with Gasteiger partial charge in [0.15, 0.2) is 11.6 Å². The first kappa shape index (κ1) is 12.2. The molecule has 1 atom stereocenters. The Labute approximate surface area is 115 Å². The Morgan fingerprint density at radius 3 is 2.89 bits per heavy atom. The number of hydrogen-bond acceptors (Lipinski definition) is 4. The molecule has 0 aromatic heterocycles. The van der Waals surface area contributed by atoms with Gasteiger partial charge in [-0.3, -0.25) is 9.59 Å². The zero-order valence-corrected chi connectivity index (χ0v) is 11.1. The summed E-state index contributed by atoms with van der Waals surface area (Å²) in [5.41, 5.74) is 1.94. The van der Waals surface area contributed by atoms with Crippen molar-refractivity contribution < 1.29 is 9.59 Å². The van der Waals surface area contributed by atoms with E-state index in [4.69, 9.17) is 0 Å². The molecule has 1 aliphatic heterocycles. The topological polar surface area (TPSA) is 46.2 Å². The average molecular weight is 271 g/mol. The summed E-state index contributed by atoms with van der Waals surface area (Å²) >= 11 is 1.44. The molecule has 0 radical (unpaired) electrons. The fourth-order valence-corrected chi connectivity index (χ4v) is 3.27. The maximum Gasteiger partial charge on any atom is 0.170 e. The smallest absolute Gasteiger partial charge is 0.170 e.